The summed E-state index contributed by atoms with van der Waals surface area (Å²) in [4.78, 5) is 14.1. The van der Waals surface area contributed by atoms with Gasteiger partial charge in [0.05, 0.1) is 6.04 Å². The second-order valence-corrected chi connectivity index (χ2v) is 3.04. The molecule has 90 valence electrons. The predicted molar refractivity (Wildman–Crippen MR) is 45.0 cm³/mol. The first kappa shape index (κ1) is 12.5. The molecular formula is C8H9F3N2O3. The van der Waals surface area contributed by atoms with E-state index in [0.717, 1.165) is 6.26 Å². The van der Waals surface area contributed by atoms with E-state index in [2.05, 4.69) is 9.72 Å². The molecule has 0 radical (unpaired) electrons. The van der Waals surface area contributed by atoms with Crippen LogP contribution in [0.1, 0.15) is 24.6 Å². The Bertz CT molecular complexity index is 373. The molecule has 1 aromatic heterocycles. The van der Waals surface area contributed by atoms with Crippen molar-refractivity contribution in [2.45, 2.75) is 25.7 Å². The van der Waals surface area contributed by atoms with Gasteiger partial charge in [0.25, 0.3) is 0 Å². The van der Waals surface area contributed by atoms with E-state index >= 15 is 0 Å². The lowest BCUT2D eigenvalue weighted by Crippen LogP contribution is -2.25. The number of oxazole rings is 1. The third-order valence-electron chi connectivity index (χ3n) is 1.54. The number of nitrogens with two attached hydrogens (primary N) is 1. The van der Waals surface area contributed by atoms with Crippen molar-refractivity contribution >= 4 is 5.97 Å². The summed E-state index contributed by atoms with van der Waals surface area (Å²) in [6, 6.07) is -0.480. The number of hydrogen-bond donors (Lipinski definition) is 1. The Morgan fingerprint density at radius 1 is 1.69 bits per heavy atom. The summed E-state index contributed by atoms with van der Waals surface area (Å²) in [7, 11) is 0. The fourth-order valence-corrected chi connectivity index (χ4v) is 0.819. The summed E-state index contributed by atoms with van der Waals surface area (Å²) >= 11 is 0. The van der Waals surface area contributed by atoms with Gasteiger partial charge in [-0.05, 0) is 6.92 Å². The van der Waals surface area contributed by atoms with Crippen LogP contribution in [0.25, 0.3) is 0 Å². The topological polar surface area (TPSA) is 78.4 Å². The molecule has 16 heavy (non-hydrogen) atoms. The highest BCUT2D eigenvalue weighted by atomic mass is 19.4. The fraction of sp³-hybridized carbons (Fsp3) is 0.500. The monoisotopic (exact) mass is 238 g/mol. The number of aromatic nitrogens is 1. The zero-order valence-electron chi connectivity index (χ0n) is 8.25. The van der Waals surface area contributed by atoms with Crippen molar-refractivity contribution < 1.29 is 27.1 Å². The van der Waals surface area contributed by atoms with Crippen molar-refractivity contribution in [1.29, 1.82) is 0 Å². The number of rotatable bonds is 3. The van der Waals surface area contributed by atoms with E-state index in [4.69, 9.17) is 10.2 Å². The van der Waals surface area contributed by atoms with E-state index in [9.17, 15) is 18.0 Å². The second-order valence-electron chi connectivity index (χ2n) is 3.04. The van der Waals surface area contributed by atoms with Gasteiger partial charge < -0.3 is 14.9 Å². The Hall–Kier alpha value is -1.57. The molecule has 0 unspecified atom stereocenters. The van der Waals surface area contributed by atoms with Crippen molar-refractivity contribution in [2.75, 3.05) is 0 Å². The largest absolute Gasteiger partial charge is 0.490 e. The maximum atomic E-state index is 11.7. The Kier molecular flexibility index (Phi) is 3.53. The molecule has 0 bridgehead atoms. The molecule has 1 atom stereocenters. The average molecular weight is 238 g/mol. The lowest BCUT2D eigenvalue weighted by Gasteiger charge is -2.04. The molecule has 0 amide bonds. The molecule has 1 aromatic rings. The van der Waals surface area contributed by atoms with Gasteiger partial charge in [-0.25, -0.2) is 9.78 Å². The minimum Gasteiger partial charge on any atom is -0.452 e. The minimum atomic E-state index is -5.01. The van der Waals surface area contributed by atoms with Crippen molar-refractivity contribution in [3.63, 3.8) is 0 Å². The highest BCUT2D eigenvalue weighted by Gasteiger charge is 2.41. The van der Waals surface area contributed by atoms with Crippen LogP contribution in [0.2, 0.25) is 0 Å². The molecule has 5 nitrogen and oxygen atoms in total. The number of hydrogen-bond acceptors (Lipinski definition) is 5. The van der Waals surface area contributed by atoms with Gasteiger partial charge in [0.2, 0.25) is 5.89 Å². The van der Waals surface area contributed by atoms with E-state index < -0.39 is 24.8 Å². The number of alkyl halides is 3. The van der Waals surface area contributed by atoms with Crippen LogP contribution in [0.5, 0.6) is 0 Å². The molecular weight excluding hydrogens is 229 g/mol. The lowest BCUT2D eigenvalue weighted by atomic mass is 10.4. The summed E-state index contributed by atoms with van der Waals surface area (Å²) in [6.07, 6.45) is -3.92. The summed E-state index contributed by atoms with van der Waals surface area (Å²) in [5, 5.41) is 0. The standard InChI is InChI=1S/C8H9F3N2O3/c1-4(12)6-13-5(2-15-6)3-16-7(14)8(9,10)11/h2,4H,3,12H2,1H3/t4-/m1/s1. The van der Waals surface area contributed by atoms with Gasteiger partial charge >= 0.3 is 12.1 Å². The third-order valence-corrected chi connectivity index (χ3v) is 1.54. The van der Waals surface area contributed by atoms with E-state index in [1.807, 2.05) is 0 Å². The van der Waals surface area contributed by atoms with Gasteiger partial charge in [0, 0.05) is 0 Å². The molecule has 8 heteroatoms. The van der Waals surface area contributed by atoms with Crippen LogP contribution < -0.4 is 5.73 Å². The normalized spacial score (nSPS) is 13.6. The van der Waals surface area contributed by atoms with Crippen LogP contribution >= 0.6 is 0 Å². The maximum Gasteiger partial charge on any atom is 0.490 e. The zero-order chi connectivity index (χ0) is 12.3. The van der Waals surface area contributed by atoms with Gasteiger partial charge in [-0.15, -0.1) is 0 Å². The molecule has 0 spiro atoms. The third kappa shape index (κ3) is 3.23. The quantitative estimate of drug-likeness (QED) is 0.803. The van der Waals surface area contributed by atoms with Crippen molar-refractivity contribution in [3.05, 3.63) is 17.8 Å². The SMILES string of the molecule is C[C@@H](N)c1nc(COC(=O)C(F)(F)F)co1. The Morgan fingerprint density at radius 2 is 2.31 bits per heavy atom. The smallest absolute Gasteiger partial charge is 0.452 e. The van der Waals surface area contributed by atoms with Crippen LogP contribution in [0.4, 0.5) is 13.2 Å². The van der Waals surface area contributed by atoms with E-state index in [0.29, 0.717) is 0 Å². The average Bonchev–Trinajstić information content (AvgIpc) is 2.60. The molecule has 0 aliphatic heterocycles. The number of esters is 1. The van der Waals surface area contributed by atoms with Gasteiger partial charge in [0.1, 0.15) is 18.6 Å². The zero-order valence-corrected chi connectivity index (χ0v) is 8.25. The number of carbonyl (C=O) groups is 1. The molecule has 0 aliphatic carbocycles. The van der Waals surface area contributed by atoms with E-state index in [-0.39, 0.29) is 11.6 Å². The molecule has 1 rings (SSSR count). The Labute approximate surface area is 88.4 Å². The summed E-state index contributed by atoms with van der Waals surface area (Å²) in [6.45, 7) is 0.992. The van der Waals surface area contributed by atoms with Crippen LogP contribution in [-0.2, 0) is 16.1 Å². The molecule has 0 fully saturated rings. The summed E-state index contributed by atoms with van der Waals surface area (Å²) in [5.41, 5.74) is 5.48. The molecule has 0 aliphatic rings. The Morgan fingerprint density at radius 3 is 2.75 bits per heavy atom. The molecule has 2 N–H and O–H groups in total. The van der Waals surface area contributed by atoms with Crippen LogP contribution in [-0.4, -0.2) is 17.1 Å². The second kappa shape index (κ2) is 4.52. The predicted octanol–water partition coefficient (Wildman–Crippen LogP) is 1.30. The van der Waals surface area contributed by atoms with E-state index in [1.165, 1.54) is 0 Å². The van der Waals surface area contributed by atoms with Crippen molar-refractivity contribution in [3.8, 4) is 0 Å². The van der Waals surface area contributed by atoms with Crippen LogP contribution in [0.15, 0.2) is 10.7 Å². The lowest BCUT2D eigenvalue weighted by molar-refractivity contribution is -0.201. The highest BCUT2D eigenvalue weighted by molar-refractivity contribution is 5.75. The summed E-state index contributed by atoms with van der Waals surface area (Å²) < 4.78 is 44.0. The highest BCUT2D eigenvalue weighted by Crippen LogP contribution is 2.17. The molecule has 0 saturated carbocycles. The Balaban J connectivity index is 2.52. The number of halogens is 3. The fourth-order valence-electron chi connectivity index (χ4n) is 0.819. The molecule has 1 heterocycles. The van der Waals surface area contributed by atoms with Crippen LogP contribution in [0.3, 0.4) is 0 Å². The van der Waals surface area contributed by atoms with Crippen molar-refractivity contribution in [1.82, 2.24) is 4.98 Å². The van der Waals surface area contributed by atoms with Gasteiger partial charge in [-0.3, -0.25) is 0 Å². The van der Waals surface area contributed by atoms with Gasteiger partial charge in [-0.1, -0.05) is 0 Å². The number of carbonyl (C=O) groups excluding carboxylic acids is 1. The molecule has 0 aromatic carbocycles. The summed E-state index contributed by atoms with van der Waals surface area (Å²) in [5.74, 6) is -2.10. The van der Waals surface area contributed by atoms with Gasteiger partial charge in [-0.2, -0.15) is 13.2 Å². The minimum absolute atomic E-state index is 0.0740. The van der Waals surface area contributed by atoms with Crippen LogP contribution in [0, 0.1) is 0 Å². The number of nitrogens with zero attached hydrogens (tertiary/aromatic N) is 1. The number of ether oxygens (including phenoxy) is 1. The van der Waals surface area contributed by atoms with Crippen molar-refractivity contribution in [2.24, 2.45) is 5.73 Å². The first-order chi connectivity index (χ1) is 7.30. The molecule has 0 saturated heterocycles. The van der Waals surface area contributed by atoms with E-state index in [1.54, 1.807) is 6.92 Å². The maximum absolute atomic E-state index is 11.7. The first-order valence-corrected chi connectivity index (χ1v) is 4.24. The first-order valence-electron chi connectivity index (χ1n) is 4.24. The van der Waals surface area contributed by atoms with Gasteiger partial charge in [0.15, 0.2) is 0 Å².